The van der Waals surface area contributed by atoms with Crippen molar-refractivity contribution < 1.29 is 19.5 Å². The highest BCUT2D eigenvalue weighted by Crippen LogP contribution is 2.09. The molecule has 0 spiro atoms. The van der Waals surface area contributed by atoms with E-state index < -0.39 is 17.9 Å². The van der Waals surface area contributed by atoms with Crippen LogP contribution in [0.15, 0.2) is 24.5 Å². The van der Waals surface area contributed by atoms with Crippen molar-refractivity contribution >= 4 is 17.9 Å². The van der Waals surface area contributed by atoms with Crippen molar-refractivity contribution in [3.05, 3.63) is 30.1 Å². The third-order valence-corrected chi connectivity index (χ3v) is 2.83. The number of hydrogen-bond acceptors (Lipinski definition) is 4. The quantitative estimate of drug-likeness (QED) is 0.662. The van der Waals surface area contributed by atoms with Gasteiger partial charge in [-0.25, -0.2) is 4.79 Å². The average molecular weight is 293 g/mol. The molecule has 0 aliphatic heterocycles. The molecule has 0 aromatic carbocycles. The highest BCUT2D eigenvalue weighted by Gasteiger charge is 2.12. The summed E-state index contributed by atoms with van der Waals surface area (Å²) < 4.78 is 0. The van der Waals surface area contributed by atoms with Gasteiger partial charge in [0.05, 0.1) is 6.04 Å². The summed E-state index contributed by atoms with van der Waals surface area (Å²) in [5, 5.41) is 13.3. The lowest BCUT2D eigenvalue weighted by Crippen LogP contribution is -2.40. The number of aliphatic carboxylic acids is 1. The minimum absolute atomic E-state index is 0.0253. The van der Waals surface area contributed by atoms with Crippen LogP contribution in [-0.2, 0) is 9.59 Å². The maximum atomic E-state index is 11.6. The Balaban J connectivity index is 2.26. The lowest BCUT2D eigenvalue weighted by Gasteiger charge is -2.14. The highest BCUT2D eigenvalue weighted by molar-refractivity contribution is 5.94. The molecule has 0 saturated carbocycles. The fourth-order valence-electron chi connectivity index (χ4n) is 1.70. The molecule has 0 bridgehead atoms. The van der Waals surface area contributed by atoms with E-state index in [0.717, 1.165) is 5.56 Å². The van der Waals surface area contributed by atoms with Gasteiger partial charge >= 0.3 is 12.0 Å². The smallest absolute Gasteiger partial charge is 0.321 e. The fourth-order valence-corrected chi connectivity index (χ4v) is 1.70. The summed E-state index contributed by atoms with van der Waals surface area (Å²) in [6.07, 6.45) is 4.27. The Labute approximate surface area is 122 Å². The van der Waals surface area contributed by atoms with Crippen LogP contribution in [0.1, 0.15) is 44.2 Å². The van der Waals surface area contributed by atoms with Gasteiger partial charge < -0.3 is 10.4 Å². The monoisotopic (exact) mass is 293 g/mol. The number of amides is 3. The van der Waals surface area contributed by atoms with Crippen molar-refractivity contribution in [1.82, 2.24) is 15.6 Å². The van der Waals surface area contributed by atoms with Crippen LogP contribution in [0.5, 0.6) is 0 Å². The number of rotatable bonds is 7. The predicted octanol–water partition coefficient (Wildman–Crippen LogP) is 1.61. The molecule has 0 saturated heterocycles. The Bertz CT molecular complexity index is 490. The molecule has 0 radical (unpaired) electrons. The highest BCUT2D eigenvalue weighted by atomic mass is 16.4. The van der Waals surface area contributed by atoms with E-state index in [-0.39, 0.29) is 18.9 Å². The van der Waals surface area contributed by atoms with Crippen LogP contribution in [0.3, 0.4) is 0 Å². The van der Waals surface area contributed by atoms with E-state index in [1.165, 1.54) is 0 Å². The first-order valence-electron chi connectivity index (χ1n) is 6.71. The number of carboxylic acids is 1. The second kappa shape index (κ2) is 8.68. The molecule has 1 aromatic heterocycles. The number of pyridine rings is 1. The second-order valence-corrected chi connectivity index (χ2v) is 4.63. The fraction of sp³-hybridized carbons (Fsp3) is 0.429. The van der Waals surface area contributed by atoms with Gasteiger partial charge in [-0.15, -0.1) is 0 Å². The summed E-state index contributed by atoms with van der Waals surface area (Å²) in [5.41, 5.74) is 0.835. The molecule has 0 fully saturated rings. The first kappa shape index (κ1) is 16.6. The lowest BCUT2D eigenvalue weighted by atomic mass is 10.1. The molecule has 114 valence electrons. The molecule has 1 rings (SSSR count). The van der Waals surface area contributed by atoms with Crippen LogP contribution in [-0.4, -0.2) is 28.0 Å². The van der Waals surface area contributed by atoms with E-state index in [9.17, 15) is 14.4 Å². The van der Waals surface area contributed by atoms with Crippen molar-refractivity contribution in [1.29, 1.82) is 0 Å². The van der Waals surface area contributed by atoms with Crippen molar-refractivity contribution in [3.8, 4) is 0 Å². The number of carbonyl (C=O) groups excluding carboxylic acids is 2. The van der Waals surface area contributed by atoms with E-state index in [1.807, 2.05) is 6.07 Å². The van der Waals surface area contributed by atoms with Crippen LogP contribution in [0, 0.1) is 0 Å². The van der Waals surface area contributed by atoms with E-state index in [2.05, 4.69) is 15.6 Å². The zero-order chi connectivity index (χ0) is 15.7. The zero-order valence-electron chi connectivity index (χ0n) is 11.8. The largest absolute Gasteiger partial charge is 0.481 e. The van der Waals surface area contributed by atoms with Crippen LogP contribution >= 0.6 is 0 Å². The molecule has 3 amide bonds. The van der Waals surface area contributed by atoms with Gasteiger partial charge in [-0.1, -0.05) is 6.07 Å². The van der Waals surface area contributed by atoms with Gasteiger partial charge in [-0.3, -0.25) is 19.9 Å². The number of carboxylic acid groups (broad SMARTS) is 1. The summed E-state index contributed by atoms with van der Waals surface area (Å²) in [6, 6.07) is 2.75. The molecule has 1 aromatic rings. The van der Waals surface area contributed by atoms with E-state index >= 15 is 0 Å². The summed E-state index contributed by atoms with van der Waals surface area (Å²) >= 11 is 0. The van der Waals surface area contributed by atoms with E-state index in [0.29, 0.717) is 12.8 Å². The Hall–Kier alpha value is -2.44. The van der Waals surface area contributed by atoms with Gasteiger partial charge in [0.1, 0.15) is 0 Å². The number of carbonyl (C=O) groups is 3. The predicted molar refractivity (Wildman–Crippen MR) is 75.4 cm³/mol. The van der Waals surface area contributed by atoms with E-state index in [1.54, 1.807) is 25.4 Å². The van der Waals surface area contributed by atoms with E-state index in [4.69, 9.17) is 5.11 Å². The third kappa shape index (κ3) is 7.05. The summed E-state index contributed by atoms with van der Waals surface area (Å²) in [5.74, 6) is -1.31. The molecule has 0 aliphatic carbocycles. The minimum atomic E-state index is -0.890. The average Bonchev–Trinajstić information content (AvgIpc) is 2.44. The molecule has 3 N–H and O–H groups in total. The van der Waals surface area contributed by atoms with Gasteiger partial charge in [-0.05, 0) is 31.4 Å². The standard InChI is InChI=1S/C14H19N3O4/c1-10(11-5-4-8-15-9-11)16-14(21)17-12(18)6-2-3-7-13(19)20/h4-5,8-10H,2-3,6-7H2,1H3,(H,19,20)(H2,16,17,18,21). The van der Waals surface area contributed by atoms with Crippen molar-refractivity contribution in [3.63, 3.8) is 0 Å². The summed E-state index contributed by atoms with van der Waals surface area (Å²) in [4.78, 5) is 37.4. The maximum absolute atomic E-state index is 11.6. The Kier molecular flexibility index (Phi) is 6.86. The molecular formula is C14H19N3O4. The first-order valence-corrected chi connectivity index (χ1v) is 6.71. The molecule has 1 unspecified atom stereocenters. The number of hydrogen-bond donors (Lipinski definition) is 3. The van der Waals surface area contributed by atoms with Crippen molar-refractivity contribution in [2.24, 2.45) is 0 Å². The van der Waals surface area contributed by atoms with Crippen molar-refractivity contribution in [2.75, 3.05) is 0 Å². The number of aromatic nitrogens is 1. The number of nitrogens with one attached hydrogen (secondary N) is 2. The molecule has 1 atom stereocenters. The third-order valence-electron chi connectivity index (χ3n) is 2.83. The topological polar surface area (TPSA) is 108 Å². The molecular weight excluding hydrogens is 274 g/mol. The zero-order valence-corrected chi connectivity index (χ0v) is 11.8. The Morgan fingerprint density at radius 1 is 1.29 bits per heavy atom. The van der Waals surface area contributed by atoms with Gasteiger partial charge in [-0.2, -0.15) is 0 Å². The molecule has 21 heavy (non-hydrogen) atoms. The summed E-state index contributed by atoms with van der Waals surface area (Å²) in [6.45, 7) is 1.79. The second-order valence-electron chi connectivity index (χ2n) is 4.63. The SMILES string of the molecule is CC(NC(=O)NC(=O)CCCCC(=O)O)c1cccnc1. The lowest BCUT2D eigenvalue weighted by molar-refractivity contribution is -0.137. The number of unbranched alkanes of at least 4 members (excludes halogenated alkanes) is 1. The molecule has 0 aliphatic rings. The van der Waals surface area contributed by atoms with Gasteiger partial charge in [0.2, 0.25) is 5.91 Å². The van der Waals surface area contributed by atoms with Crippen molar-refractivity contribution in [2.45, 2.75) is 38.6 Å². The summed E-state index contributed by atoms with van der Waals surface area (Å²) in [7, 11) is 0. The number of nitrogens with zero attached hydrogens (tertiary/aromatic N) is 1. The number of imide groups is 1. The normalized spacial score (nSPS) is 11.5. The van der Waals surface area contributed by atoms with Crippen LogP contribution < -0.4 is 10.6 Å². The molecule has 1 heterocycles. The molecule has 7 heteroatoms. The van der Waals surface area contributed by atoms with Crippen LogP contribution in [0.25, 0.3) is 0 Å². The van der Waals surface area contributed by atoms with Crippen LogP contribution in [0.2, 0.25) is 0 Å². The van der Waals surface area contributed by atoms with Crippen LogP contribution in [0.4, 0.5) is 4.79 Å². The van der Waals surface area contributed by atoms with Gasteiger partial charge in [0.25, 0.3) is 0 Å². The Morgan fingerprint density at radius 3 is 2.62 bits per heavy atom. The maximum Gasteiger partial charge on any atom is 0.321 e. The van der Waals surface area contributed by atoms with Gasteiger partial charge in [0, 0.05) is 25.2 Å². The minimum Gasteiger partial charge on any atom is -0.481 e. The van der Waals surface area contributed by atoms with Gasteiger partial charge in [0.15, 0.2) is 0 Å². The number of urea groups is 1. The molecule has 7 nitrogen and oxygen atoms in total. The Morgan fingerprint density at radius 2 is 2.00 bits per heavy atom. The first-order chi connectivity index (χ1) is 9.99.